The third-order valence-electron chi connectivity index (χ3n) is 2.20. The van der Waals surface area contributed by atoms with Crippen LogP contribution >= 0.6 is 15.9 Å². The quantitative estimate of drug-likeness (QED) is 0.429. The van der Waals surface area contributed by atoms with Crippen LogP contribution < -0.4 is 27.9 Å². The normalized spacial score (nSPS) is 10.1. The van der Waals surface area contributed by atoms with Crippen molar-refractivity contribution in [3.05, 3.63) is 34.6 Å². The van der Waals surface area contributed by atoms with Gasteiger partial charge < -0.3 is 16.2 Å². The average Bonchev–Trinajstić information content (AvgIpc) is 2.42. The van der Waals surface area contributed by atoms with Gasteiger partial charge in [-0.05, 0) is 34.1 Å². The van der Waals surface area contributed by atoms with Gasteiger partial charge in [0.2, 0.25) is 5.95 Å². The zero-order chi connectivity index (χ0) is 13.8. The van der Waals surface area contributed by atoms with Gasteiger partial charge in [-0.3, -0.25) is 0 Å². The molecule has 0 aliphatic heterocycles. The van der Waals surface area contributed by atoms with Gasteiger partial charge in [0.05, 0.1) is 4.47 Å². The first-order valence-electron chi connectivity index (χ1n) is 5.17. The van der Waals surface area contributed by atoms with E-state index < -0.39 is 5.82 Å². The molecular formula is C10H11BrFN7. The van der Waals surface area contributed by atoms with Crippen LogP contribution in [0.3, 0.4) is 0 Å². The molecule has 0 saturated carbocycles. The van der Waals surface area contributed by atoms with Gasteiger partial charge in [0.1, 0.15) is 17.5 Å². The standard InChI is InChI=1S/C10H11BrFN7/c11-6-2-1-5(3-7(6)12)15-10-16-8(18-13)4-9(17-10)19-14/h1-4H,13-14H2,(H3,15,16,17,18,19). The summed E-state index contributed by atoms with van der Waals surface area (Å²) in [6, 6.07) is 6.08. The van der Waals surface area contributed by atoms with E-state index in [1.807, 2.05) is 0 Å². The van der Waals surface area contributed by atoms with E-state index in [9.17, 15) is 4.39 Å². The van der Waals surface area contributed by atoms with Crippen LogP contribution in [0.15, 0.2) is 28.7 Å². The van der Waals surface area contributed by atoms with Gasteiger partial charge in [-0.2, -0.15) is 9.97 Å². The van der Waals surface area contributed by atoms with Crippen molar-refractivity contribution in [1.82, 2.24) is 9.97 Å². The molecule has 7 nitrogen and oxygen atoms in total. The van der Waals surface area contributed by atoms with E-state index >= 15 is 0 Å². The number of halogens is 2. The van der Waals surface area contributed by atoms with Gasteiger partial charge in [0.15, 0.2) is 0 Å². The minimum atomic E-state index is -0.393. The Kier molecular flexibility index (Phi) is 4.10. The maximum absolute atomic E-state index is 13.4. The molecule has 0 amide bonds. The first-order chi connectivity index (χ1) is 9.12. The summed E-state index contributed by atoms with van der Waals surface area (Å²) in [5.41, 5.74) is 5.26. The minimum Gasteiger partial charge on any atom is -0.324 e. The molecule has 0 radical (unpaired) electrons. The molecule has 7 N–H and O–H groups in total. The van der Waals surface area contributed by atoms with Crippen molar-refractivity contribution in [2.45, 2.75) is 0 Å². The van der Waals surface area contributed by atoms with Gasteiger partial charge in [0, 0.05) is 11.8 Å². The Morgan fingerprint density at radius 3 is 2.21 bits per heavy atom. The van der Waals surface area contributed by atoms with Crippen molar-refractivity contribution < 1.29 is 4.39 Å². The van der Waals surface area contributed by atoms with Crippen LogP contribution in [-0.2, 0) is 0 Å². The fraction of sp³-hybridized carbons (Fsp3) is 0. The Labute approximate surface area is 116 Å². The molecular weight excluding hydrogens is 317 g/mol. The van der Waals surface area contributed by atoms with E-state index in [1.165, 1.54) is 12.1 Å². The number of hydrogen-bond acceptors (Lipinski definition) is 7. The van der Waals surface area contributed by atoms with E-state index in [4.69, 9.17) is 11.7 Å². The molecule has 1 aromatic heterocycles. The lowest BCUT2D eigenvalue weighted by atomic mass is 10.3. The van der Waals surface area contributed by atoms with Crippen LogP contribution in [0.25, 0.3) is 0 Å². The van der Waals surface area contributed by atoms with E-state index in [1.54, 1.807) is 12.1 Å². The molecule has 2 rings (SSSR count). The first-order valence-corrected chi connectivity index (χ1v) is 5.96. The second-order valence-electron chi connectivity index (χ2n) is 3.50. The highest BCUT2D eigenvalue weighted by molar-refractivity contribution is 9.10. The molecule has 2 aromatic rings. The SMILES string of the molecule is NNc1cc(NN)nc(Nc2ccc(Br)c(F)c2)n1. The highest BCUT2D eigenvalue weighted by Gasteiger charge is 2.05. The van der Waals surface area contributed by atoms with Crippen molar-refractivity contribution in [2.24, 2.45) is 11.7 Å². The van der Waals surface area contributed by atoms with Gasteiger partial charge in [-0.1, -0.05) is 0 Å². The number of nitrogen functional groups attached to an aromatic ring is 2. The predicted octanol–water partition coefficient (Wildman–Crippen LogP) is 1.69. The van der Waals surface area contributed by atoms with E-state index in [0.717, 1.165) is 0 Å². The highest BCUT2D eigenvalue weighted by Crippen LogP contribution is 2.22. The maximum atomic E-state index is 13.4. The van der Waals surface area contributed by atoms with Gasteiger partial charge >= 0.3 is 0 Å². The number of nitrogens with one attached hydrogen (secondary N) is 3. The lowest BCUT2D eigenvalue weighted by Gasteiger charge is -2.09. The van der Waals surface area contributed by atoms with Gasteiger partial charge in [-0.15, -0.1) is 0 Å². The third-order valence-corrected chi connectivity index (χ3v) is 2.84. The van der Waals surface area contributed by atoms with Crippen LogP contribution in [0.1, 0.15) is 0 Å². The molecule has 9 heteroatoms. The molecule has 0 saturated heterocycles. The number of anilines is 4. The Morgan fingerprint density at radius 1 is 1.05 bits per heavy atom. The summed E-state index contributed by atoms with van der Waals surface area (Å²) in [5.74, 6) is 11.1. The highest BCUT2D eigenvalue weighted by atomic mass is 79.9. The number of nitrogens with zero attached hydrogens (tertiary/aromatic N) is 2. The van der Waals surface area contributed by atoms with Crippen molar-refractivity contribution in [3.8, 4) is 0 Å². The van der Waals surface area contributed by atoms with Crippen LogP contribution in [0, 0.1) is 5.82 Å². The van der Waals surface area contributed by atoms with Crippen LogP contribution in [0.4, 0.5) is 27.7 Å². The Balaban J connectivity index is 2.29. The Bertz CT molecular complexity index is 570. The van der Waals surface area contributed by atoms with E-state index in [-0.39, 0.29) is 5.95 Å². The van der Waals surface area contributed by atoms with Crippen molar-refractivity contribution >= 4 is 39.2 Å². The lowest BCUT2D eigenvalue weighted by molar-refractivity contribution is 0.622. The molecule has 1 heterocycles. The molecule has 0 fully saturated rings. The summed E-state index contributed by atoms with van der Waals surface area (Å²) in [5, 5.41) is 2.85. The summed E-state index contributed by atoms with van der Waals surface area (Å²) in [6.07, 6.45) is 0. The summed E-state index contributed by atoms with van der Waals surface area (Å²) in [4.78, 5) is 8.12. The molecule has 19 heavy (non-hydrogen) atoms. The van der Waals surface area contributed by atoms with Crippen LogP contribution in [0.5, 0.6) is 0 Å². The van der Waals surface area contributed by atoms with Gasteiger partial charge in [0.25, 0.3) is 0 Å². The maximum Gasteiger partial charge on any atom is 0.231 e. The summed E-state index contributed by atoms with van der Waals surface area (Å²) < 4.78 is 13.8. The van der Waals surface area contributed by atoms with Crippen LogP contribution in [-0.4, -0.2) is 9.97 Å². The summed E-state index contributed by atoms with van der Waals surface area (Å²) >= 11 is 3.07. The molecule has 0 spiro atoms. The van der Waals surface area contributed by atoms with Crippen LogP contribution in [0.2, 0.25) is 0 Å². The zero-order valence-corrected chi connectivity index (χ0v) is 11.2. The first kappa shape index (κ1) is 13.5. The number of benzene rings is 1. The second kappa shape index (κ2) is 5.78. The monoisotopic (exact) mass is 327 g/mol. The summed E-state index contributed by atoms with van der Waals surface area (Å²) in [6.45, 7) is 0. The average molecular weight is 328 g/mol. The fourth-order valence-electron chi connectivity index (χ4n) is 1.35. The molecule has 100 valence electrons. The molecule has 0 unspecified atom stereocenters. The number of aromatic nitrogens is 2. The molecule has 0 atom stereocenters. The topological polar surface area (TPSA) is 114 Å². The Morgan fingerprint density at radius 2 is 1.68 bits per heavy atom. The van der Waals surface area contributed by atoms with Crippen molar-refractivity contribution in [1.29, 1.82) is 0 Å². The van der Waals surface area contributed by atoms with Crippen molar-refractivity contribution in [2.75, 3.05) is 16.2 Å². The number of hydrogen-bond donors (Lipinski definition) is 5. The smallest absolute Gasteiger partial charge is 0.231 e. The van der Waals surface area contributed by atoms with Gasteiger partial charge in [-0.25, -0.2) is 16.1 Å². The second-order valence-corrected chi connectivity index (χ2v) is 4.36. The zero-order valence-electron chi connectivity index (χ0n) is 9.61. The number of rotatable bonds is 4. The third kappa shape index (κ3) is 3.28. The lowest BCUT2D eigenvalue weighted by Crippen LogP contribution is -2.14. The number of nitrogens with two attached hydrogens (primary N) is 2. The Hall–Kier alpha value is -1.97. The molecule has 0 bridgehead atoms. The number of hydrazine groups is 2. The minimum absolute atomic E-state index is 0.227. The largest absolute Gasteiger partial charge is 0.324 e. The molecule has 0 aliphatic carbocycles. The fourth-order valence-corrected chi connectivity index (χ4v) is 1.60. The molecule has 0 aliphatic rings. The van der Waals surface area contributed by atoms with E-state index in [0.29, 0.717) is 21.8 Å². The van der Waals surface area contributed by atoms with Crippen molar-refractivity contribution in [3.63, 3.8) is 0 Å². The summed E-state index contributed by atoms with van der Waals surface area (Å²) in [7, 11) is 0. The molecule has 1 aromatic carbocycles. The predicted molar refractivity (Wildman–Crippen MR) is 75.0 cm³/mol. The van der Waals surface area contributed by atoms with E-state index in [2.05, 4.69) is 42.1 Å².